The highest BCUT2D eigenvalue weighted by Gasteiger charge is 2.40. The molecule has 1 saturated carbocycles. The van der Waals surface area contributed by atoms with Crippen molar-refractivity contribution in [2.75, 3.05) is 33.4 Å². The van der Waals surface area contributed by atoms with Gasteiger partial charge in [0.15, 0.2) is 11.6 Å². The van der Waals surface area contributed by atoms with Crippen molar-refractivity contribution in [1.29, 1.82) is 0 Å². The summed E-state index contributed by atoms with van der Waals surface area (Å²) in [6, 6.07) is 10.5. The molecule has 2 aliphatic rings. The minimum absolute atomic E-state index is 0. The average molecular weight is 538 g/mol. The van der Waals surface area contributed by atoms with Crippen molar-refractivity contribution in [3.63, 3.8) is 0 Å². The van der Waals surface area contributed by atoms with E-state index in [1.807, 2.05) is 29.2 Å². The van der Waals surface area contributed by atoms with E-state index in [0.717, 1.165) is 42.7 Å². The van der Waals surface area contributed by atoms with E-state index >= 15 is 0 Å². The first-order valence-electron chi connectivity index (χ1n) is 12.4. The standard InChI is InChI=1S/C27H33F2N3O4.ClH/c1-35-13-4-14-36-25-6-3-2-5-19(25)17-32(20-8-9-20)27(34)21-16-30-12-11-24(21)31-26(33)18-7-10-22(28)23(29)15-18;/h2-3,5-7,10,15,20-21,24,30H,4,8-9,11-14,16-17H2,1H3,(H,31,33);1H. The number of amides is 2. The van der Waals surface area contributed by atoms with E-state index in [9.17, 15) is 18.4 Å². The zero-order chi connectivity index (χ0) is 25.5. The SMILES string of the molecule is COCCCOc1ccccc1CN(C(=O)C1CNCCC1NC(=O)c1ccc(F)c(F)c1)C1CC1.Cl. The maximum atomic E-state index is 13.8. The van der Waals surface area contributed by atoms with Crippen molar-refractivity contribution in [1.82, 2.24) is 15.5 Å². The number of rotatable bonds is 11. The minimum Gasteiger partial charge on any atom is -0.493 e. The van der Waals surface area contributed by atoms with Crippen LogP contribution in [0, 0.1) is 17.6 Å². The second-order valence-electron chi connectivity index (χ2n) is 9.31. The van der Waals surface area contributed by atoms with Gasteiger partial charge in [0.1, 0.15) is 5.75 Å². The molecule has 2 N–H and O–H groups in total. The smallest absolute Gasteiger partial charge is 0.251 e. The van der Waals surface area contributed by atoms with Crippen LogP contribution in [-0.4, -0.2) is 62.2 Å². The maximum Gasteiger partial charge on any atom is 0.251 e. The van der Waals surface area contributed by atoms with Crippen molar-refractivity contribution in [2.45, 2.75) is 44.3 Å². The van der Waals surface area contributed by atoms with E-state index in [4.69, 9.17) is 9.47 Å². The number of methoxy groups -OCH3 is 1. The highest BCUT2D eigenvalue weighted by Crippen LogP contribution is 2.33. The number of nitrogens with one attached hydrogen (secondary N) is 2. The van der Waals surface area contributed by atoms with Gasteiger partial charge in [0.25, 0.3) is 5.91 Å². The summed E-state index contributed by atoms with van der Waals surface area (Å²) in [7, 11) is 1.65. The lowest BCUT2D eigenvalue weighted by atomic mass is 9.91. The molecular weight excluding hydrogens is 504 g/mol. The summed E-state index contributed by atoms with van der Waals surface area (Å²) in [4.78, 5) is 28.5. The molecule has 0 aromatic heterocycles. The Balaban J connectivity index is 0.00000380. The van der Waals surface area contributed by atoms with E-state index in [-0.39, 0.29) is 29.9 Å². The van der Waals surface area contributed by atoms with Gasteiger partial charge in [-0.15, -0.1) is 12.4 Å². The van der Waals surface area contributed by atoms with Crippen LogP contribution in [0.3, 0.4) is 0 Å². The Bertz CT molecular complexity index is 1070. The number of hydrogen-bond acceptors (Lipinski definition) is 5. The third-order valence-electron chi connectivity index (χ3n) is 6.63. The molecule has 4 rings (SSSR count). The first-order valence-corrected chi connectivity index (χ1v) is 12.4. The monoisotopic (exact) mass is 537 g/mol. The van der Waals surface area contributed by atoms with Crippen LogP contribution in [0.5, 0.6) is 5.75 Å². The molecule has 2 fully saturated rings. The molecule has 2 unspecified atom stereocenters. The number of ether oxygens (including phenoxy) is 2. The summed E-state index contributed by atoms with van der Waals surface area (Å²) >= 11 is 0. The second-order valence-corrected chi connectivity index (χ2v) is 9.31. The van der Waals surface area contributed by atoms with E-state index < -0.39 is 29.5 Å². The number of nitrogens with zero attached hydrogens (tertiary/aromatic N) is 1. The normalized spacial score (nSPS) is 19.0. The Morgan fingerprint density at radius 1 is 1.08 bits per heavy atom. The van der Waals surface area contributed by atoms with Gasteiger partial charge >= 0.3 is 0 Å². The highest BCUT2D eigenvalue weighted by atomic mass is 35.5. The van der Waals surface area contributed by atoms with Gasteiger partial charge in [0.2, 0.25) is 5.91 Å². The quantitative estimate of drug-likeness (QED) is 0.427. The van der Waals surface area contributed by atoms with Gasteiger partial charge in [0, 0.05) is 56.4 Å². The molecule has 2 aromatic carbocycles. The number of para-hydroxylation sites is 1. The highest BCUT2D eigenvalue weighted by molar-refractivity contribution is 5.95. The van der Waals surface area contributed by atoms with Gasteiger partial charge in [-0.2, -0.15) is 0 Å². The number of carbonyl (C=O) groups excluding carboxylic acids is 2. The van der Waals surface area contributed by atoms with Crippen LogP contribution in [-0.2, 0) is 16.1 Å². The molecule has 2 amide bonds. The largest absolute Gasteiger partial charge is 0.493 e. The molecule has 0 radical (unpaired) electrons. The van der Waals surface area contributed by atoms with Gasteiger partial charge < -0.3 is 25.0 Å². The summed E-state index contributed by atoms with van der Waals surface area (Å²) in [5.74, 6) is -2.37. The van der Waals surface area contributed by atoms with Crippen LogP contribution >= 0.6 is 12.4 Å². The van der Waals surface area contributed by atoms with E-state index in [0.29, 0.717) is 39.3 Å². The summed E-state index contributed by atoms with van der Waals surface area (Å²) in [6.45, 7) is 2.63. The third-order valence-corrected chi connectivity index (χ3v) is 6.63. The number of carbonyl (C=O) groups is 2. The zero-order valence-electron chi connectivity index (χ0n) is 20.9. The van der Waals surface area contributed by atoms with Crippen molar-refractivity contribution in [2.24, 2.45) is 5.92 Å². The van der Waals surface area contributed by atoms with Crippen LogP contribution in [0.15, 0.2) is 42.5 Å². The number of halogens is 3. The minimum atomic E-state index is -1.08. The molecule has 202 valence electrons. The Kier molecular flexibility index (Phi) is 10.7. The fraction of sp³-hybridized carbons (Fsp3) is 0.481. The predicted molar refractivity (Wildman–Crippen MR) is 138 cm³/mol. The fourth-order valence-corrected chi connectivity index (χ4v) is 4.51. The number of piperidine rings is 1. The molecule has 1 aliphatic heterocycles. The van der Waals surface area contributed by atoms with E-state index in [1.54, 1.807) is 7.11 Å². The molecule has 37 heavy (non-hydrogen) atoms. The molecule has 1 heterocycles. The van der Waals surface area contributed by atoms with Crippen molar-refractivity contribution in [3.05, 3.63) is 65.2 Å². The number of hydrogen-bond donors (Lipinski definition) is 2. The van der Waals surface area contributed by atoms with Gasteiger partial charge in [-0.3, -0.25) is 9.59 Å². The Labute approximate surface area is 222 Å². The van der Waals surface area contributed by atoms with Gasteiger partial charge in [-0.25, -0.2) is 8.78 Å². The molecule has 7 nitrogen and oxygen atoms in total. The van der Waals surface area contributed by atoms with Crippen LogP contribution in [0.25, 0.3) is 0 Å². The molecule has 1 aliphatic carbocycles. The lowest BCUT2D eigenvalue weighted by molar-refractivity contribution is -0.138. The first-order chi connectivity index (χ1) is 17.5. The molecule has 2 aromatic rings. The van der Waals surface area contributed by atoms with Crippen molar-refractivity contribution < 1.29 is 27.8 Å². The van der Waals surface area contributed by atoms with Crippen molar-refractivity contribution >= 4 is 24.2 Å². The number of benzene rings is 2. The predicted octanol–water partition coefficient (Wildman–Crippen LogP) is 3.70. The van der Waals surface area contributed by atoms with E-state index in [1.165, 1.54) is 6.07 Å². The molecular formula is C27H34ClF2N3O4. The molecule has 0 spiro atoms. The summed E-state index contributed by atoms with van der Waals surface area (Å²) in [5, 5.41) is 6.15. The molecule has 10 heteroatoms. The van der Waals surface area contributed by atoms with Crippen LogP contribution in [0.2, 0.25) is 0 Å². The van der Waals surface area contributed by atoms with Crippen LogP contribution in [0.4, 0.5) is 8.78 Å². The lowest BCUT2D eigenvalue weighted by Gasteiger charge is -2.36. The fourth-order valence-electron chi connectivity index (χ4n) is 4.51. The van der Waals surface area contributed by atoms with Gasteiger partial charge in [-0.05, 0) is 50.1 Å². The maximum absolute atomic E-state index is 13.8. The summed E-state index contributed by atoms with van der Waals surface area (Å²) in [5.41, 5.74) is 0.957. The zero-order valence-corrected chi connectivity index (χ0v) is 21.7. The molecule has 0 bridgehead atoms. The van der Waals surface area contributed by atoms with Crippen LogP contribution < -0.4 is 15.4 Å². The summed E-state index contributed by atoms with van der Waals surface area (Å²) < 4.78 is 38.0. The first kappa shape index (κ1) is 28.8. The van der Waals surface area contributed by atoms with Gasteiger partial charge in [0.05, 0.1) is 12.5 Å². The Hall–Kier alpha value is -2.75. The average Bonchev–Trinajstić information content (AvgIpc) is 3.73. The van der Waals surface area contributed by atoms with E-state index in [2.05, 4.69) is 10.6 Å². The topological polar surface area (TPSA) is 79.9 Å². The Morgan fingerprint density at radius 3 is 2.59 bits per heavy atom. The molecule has 1 saturated heterocycles. The van der Waals surface area contributed by atoms with Crippen molar-refractivity contribution in [3.8, 4) is 5.75 Å². The lowest BCUT2D eigenvalue weighted by Crippen LogP contribution is -2.55. The van der Waals surface area contributed by atoms with Gasteiger partial charge in [-0.1, -0.05) is 18.2 Å². The summed E-state index contributed by atoms with van der Waals surface area (Å²) in [6.07, 6.45) is 3.20. The second kappa shape index (κ2) is 13.7. The molecule has 2 atom stereocenters. The third kappa shape index (κ3) is 7.63. The Morgan fingerprint density at radius 2 is 1.86 bits per heavy atom. The van der Waals surface area contributed by atoms with Crippen LogP contribution in [0.1, 0.15) is 41.6 Å².